The third-order valence-corrected chi connectivity index (χ3v) is 8.02. The minimum Gasteiger partial charge on any atom is -0.404 e. The molecule has 2 aromatic carbocycles. The van der Waals surface area contributed by atoms with Crippen LogP contribution in [0.5, 0.6) is 0 Å². The number of anilines is 2. The number of likely N-dealkylation sites (tertiary alicyclic amines) is 1. The minimum atomic E-state index is -0.258. The number of hydrogen-bond donors (Lipinski definition) is 2. The van der Waals surface area contributed by atoms with Crippen LogP contribution in [0.2, 0.25) is 0 Å². The van der Waals surface area contributed by atoms with Gasteiger partial charge in [0.05, 0.1) is 18.8 Å². The van der Waals surface area contributed by atoms with Gasteiger partial charge in [0.15, 0.2) is 0 Å². The number of hydrogen-bond acceptors (Lipinski definition) is 7. The fourth-order valence-corrected chi connectivity index (χ4v) is 5.48. The summed E-state index contributed by atoms with van der Waals surface area (Å²) in [5, 5.41) is 2.97. The Morgan fingerprint density at radius 2 is 1.67 bits per heavy atom. The highest BCUT2D eigenvalue weighted by atomic mass is 16.5. The third-order valence-electron chi connectivity index (χ3n) is 8.02. The van der Waals surface area contributed by atoms with Crippen LogP contribution in [-0.2, 0) is 4.74 Å². The lowest BCUT2D eigenvalue weighted by atomic mass is 9.88. The maximum absolute atomic E-state index is 13.4. The fraction of sp³-hybridized carbons (Fsp3) is 0.333. The van der Waals surface area contributed by atoms with Gasteiger partial charge in [0.1, 0.15) is 5.82 Å². The molecule has 2 saturated heterocycles. The number of pyridine rings is 1. The zero-order chi connectivity index (χ0) is 29.5. The van der Waals surface area contributed by atoms with Crippen LogP contribution in [-0.4, -0.2) is 74.4 Å². The van der Waals surface area contributed by atoms with Gasteiger partial charge in [0, 0.05) is 68.7 Å². The quantitative estimate of drug-likeness (QED) is 0.407. The molecule has 2 fully saturated rings. The molecule has 0 aliphatic carbocycles. The van der Waals surface area contributed by atoms with Crippen molar-refractivity contribution in [1.82, 2.24) is 9.88 Å². The number of nitrogens with one attached hydrogen (secondary N) is 1. The molecular weight excluding hydrogens is 528 g/mol. The van der Waals surface area contributed by atoms with Crippen LogP contribution in [0.3, 0.4) is 0 Å². The standard InChI is InChI=1S/C33H38N6O3/c1-23-3-4-27(19-30(23)37-32(40)28-9-10-31(36-22-28)38-15-17-42-18-16-38)33(41)39-13-11-26(12-14-39)24-5-7-25(8-6-24)29(20-34)21-35-2/h3-10,19-22,26H,11-18,34H2,1-2H3,(H,37,40). The molecule has 218 valence electrons. The van der Waals surface area contributed by atoms with E-state index >= 15 is 0 Å². The van der Waals surface area contributed by atoms with Crippen LogP contribution < -0.4 is 16.0 Å². The van der Waals surface area contributed by atoms with Crippen LogP contribution in [0.25, 0.3) is 5.57 Å². The molecule has 0 unspecified atom stereocenters. The molecule has 5 rings (SSSR count). The van der Waals surface area contributed by atoms with Crippen molar-refractivity contribution in [2.75, 3.05) is 56.7 Å². The molecule has 0 radical (unpaired) electrons. The Hall–Kier alpha value is -4.50. The average Bonchev–Trinajstić information content (AvgIpc) is 3.05. The molecule has 2 amide bonds. The van der Waals surface area contributed by atoms with Crippen LogP contribution in [0.15, 0.2) is 72.0 Å². The topological polar surface area (TPSA) is 113 Å². The maximum atomic E-state index is 13.4. The highest BCUT2D eigenvalue weighted by Gasteiger charge is 2.25. The number of piperidine rings is 1. The van der Waals surface area contributed by atoms with E-state index in [1.807, 2.05) is 30.0 Å². The molecule has 1 aromatic heterocycles. The summed E-state index contributed by atoms with van der Waals surface area (Å²) < 4.78 is 5.40. The van der Waals surface area contributed by atoms with E-state index < -0.39 is 0 Å². The molecule has 42 heavy (non-hydrogen) atoms. The Bertz CT molecular complexity index is 1450. The lowest BCUT2D eigenvalue weighted by molar-refractivity contribution is 0.0712. The van der Waals surface area contributed by atoms with Crippen molar-refractivity contribution in [2.45, 2.75) is 25.7 Å². The molecule has 0 atom stereocenters. The van der Waals surface area contributed by atoms with Crippen molar-refractivity contribution >= 4 is 35.1 Å². The van der Waals surface area contributed by atoms with Gasteiger partial charge in [-0.15, -0.1) is 0 Å². The second kappa shape index (κ2) is 13.4. The van der Waals surface area contributed by atoms with E-state index in [9.17, 15) is 9.59 Å². The largest absolute Gasteiger partial charge is 0.404 e. The minimum absolute atomic E-state index is 0.0209. The number of aryl methyl sites for hydroxylation is 1. The molecule has 3 N–H and O–H groups in total. The molecule has 2 aliphatic heterocycles. The monoisotopic (exact) mass is 566 g/mol. The molecule has 0 bridgehead atoms. The predicted molar refractivity (Wildman–Crippen MR) is 167 cm³/mol. The zero-order valence-electron chi connectivity index (χ0n) is 24.3. The maximum Gasteiger partial charge on any atom is 0.257 e. The first-order valence-electron chi connectivity index (χ1n) is 14.4. The van der Waals surface area contributed by atoms with Crippen molar-refractivity contribution in [1.29, 1.82) is 0 Å². The summed E-state index contributed by atoms with van der Waals surface area (Å²) in [4.78, 5) is 39.0. The normalized spacial score (nSPS) is 16.6. The number of amides is 2. The first kappa shape index (κ1) is 29.0. The SMILES string of the molecule is CN=CC(=CN)c1ccc(C2CCN(C(=O)c3ccc(C)c(NC(=O)c4ccc(N5CCOCC5)nc4)c3)CC2)cc1. The number of nitrogens with zero attached hydrogens (tertiary/aromatic N) is 4. The van der Waals surface area contributed by atoms with Crippen molar-refractivity contribution in [3.05, 3.63) is 94.8 Å². The van der Waals surface area contributed by atoms with Gasteiger partial charge in [0.2, 0.25) is 0 Å². The fourth-order valence-electron chi connectivity index (χ4n) is 5.48. The lowest BCUT2D eigenvalue weighted by Crippen LogP contribution is -2.38. The first-order valence-corrected chi connectivity index (χ1v) is 14.4. The smallest absolute Gasteiger partial charge is 0.257 e. The first-order chi connectivity index (χ1) is 20.5. The van der Waals surface area contributed by atoms with Gasteiger partial charge in [-0.3, -0.25) is 14.6 Å². The molecule has 0 saturated carbocycles. The molecular formula is C33H38N6O3. The number of ether oxygens (including phenoxy) is 1. The van der Waals surface area contributed by atoms with Gasteiger partial charge < -0.3 is 25.6 Å². The van der Waals surface area contributed by atoms with Gasteiger partial charge in [-0.2, -0.15) is 0 Å². The number of carbonyl (C=O) groups is 2. The summed E-state index contributed by atoms with van der Waals surface area (Å²) in [6, 6.07) is 17.6. The molecule has 9 heteroatoms. The van der Waals surface area contributed by atoms with E-state index in [1.54, 1.807) is 37.8 Å². The van der Waals surface area contributed by atoms with Crippen LogP contribution in [0, 0.1) is 6.92 Å². The van der Waals surface area contributed by atoms with Gasteiger partial charge in [0.25, 0.3) is 11.8 Å². The summed E-state index contributed by atoms with van der Waals surface area (Å²) in [7, 11) is 1.73. The number of aliphatic imine (C=N–C) groups is 1. The number of benzene rings is 2. The second-order valence-electron chi connectivity index (χ2n) is 10.7. The van der Waals surface area contributed by atoms with E-state index in [0.29, 0.717) is 49.0 Å². The van der Waals surface area contributed by atoms with Gasteiger partial charge in [-0.1, -0.05) is 30.3 Å². The van der Waals surface area contributed by atoms with E-state index in [1.165, 1.54) is 5.56 Å². The van der Waals surface area contributed by atoms with Crippen LogP contribution in [0.1, 0.15) is 56.2 Å². The Morgan fingerprint density at radius 3 is 2.31 bits per heavy atom. The second-order valence-corrected chi connectivity index (χ2v) is 10.7. The molecule has 0 spiro atoms. The molecule has 3 heterocycles. The summed E-state index contributed by atoms with van der Waals surface area (Å²) in [6.45, 7) is 6.19. The molecule has 2 aliphatic rings. The zero-order valence-corrected chi connectivity index (χ0v) is 24.3. The Labute approximate surface area is 247 Å². The molecule has 3 aromatic rings. The summed E-state index contributed by atoms with van der Waals surface area (Å²) >= 11 is 0. The highest BCUT2D eigenvalue weighted by molar-refractivity contribution is 6.09. The number of rotatable bonds is 7. The Balaban J connectivity index is 1.19. The van der Waals surface area contributed by atoms with Crippen molar-refractivity contribution in [3.8, 4) is 0 Å². The van der Waals surface area contributed by atoms with Crippen molar-refractivity contribution < 1.29 is 14.3 Å². The molecule has 9 nitrogen and oxygen atoms in total. The number of morpholine rings is 1. The summed E-state index contributed by atoms with van der Waals surface area (Å²) in [6.07, 6.45) is 6.70. The highest BCUT2D eigenvalue weighted by Crippen LogP contribution is 2.30. The van der Waals surface area contributed by atoms with E-state index in [4.69, 9.17) is 10.5 Å². The number of allylic oxidation sites excluding steroid dienone is 1. The summed E-state index contributed by atoms with van der Waals surface area (Å²) in [5.74, 6) is 0.947. The number of aromatic nitrogens is 1. The number of nitrogens with two attached hydrogens (primary N) is 1. The van der Waals surface area contributed by atoms with Gasteiger partial charge in [-0.05, 0) is 66.6 Å². The van der Waals surface area contributed by atoms with Crippen molar-refractivity contribution in [3.63, 3.8) is 0 Å². The Morgan fingerprint density at radius 1 is 0.976 bits per heavy atom. The summed E-state index contributed by atoms with van der Waals surface area (Å²) in [5.41, 5.74) is 11.5. The van der Waals surface area contributed by atoms with Gasteiger partial charge in [-0.25, -0.2) is 4.98 Å². The van der Waals surface area contributed by atoms with Crippen LogP contribution >= 0.6 is 0 Å². The third kappa shape index (κ3) is 6.69. The number of carbonyl (C=O) groups excluding carboxylic acids is 2. The predicted octanol–water partition coefficient (Wildman–Crippen LogP) is 4.50. The van der Waals surface area contributed by atoms with Crippen LogP contribution in [0.4, 0.5) is 11.5 Å². The van der Waals surface area contributed by atoms with Gasteiger partial charge >= 0.3 is 0 Å². The Kier molecular flexibility index (Phi) is 9.28. The lowest BCUT2D eigenvalue weighted by Gasteiger charge is -2.32. The average molecular weight is 567 g/mol. The van der Waals surface area contributed by atoms with E-state index in [-0.39, 0.29) is 11.8 Å². The van der Waals surface area contributed by atoms with Crippen molar-refractivity contribution in [2.24, 2.45) is 10.7 Å². The van der Waals surface area contributed by atoms with E-state index in [2.05, 4.69) is 44.5 Å². The van der Waals surface area contributed by atoms with E-state index in [0.717, 1.165) is 48.4 Å².